The summed E-state index contributed by atoms with van der Waals surface area (Å²) < 4.78 is 0. The zero-order chi connectivity index (χ0) is 16.1. The summed E-state index contributed by atoms with van der Waals surface area (Å²) in [4.78, 5) is 12.0. The van der Waals surface area contributed by atoms with E-state index in [0.717, 1.165) is 38.5 Å². The Hall–Kier alpha value is -1.31. The second-order valence-electron chi connectivity index (χ2n) is 7.83. The first-order valence-electron chi connectivity index (χ1n) is 8.70. The molecule has 3 unspecified atom stereocenters. The molecule has 2 heteroatoms. The van der Waals surface area contributed by atoms with E-state index in [4.69, 9.17) is 0 Å². The Morgan fingerprint density at radius 2 is 2.05 bits per heavy atom. The van der Waals surface area contributed by atoms with Crippen LogP contribution in [0.3, 0.4) is 0 Å². The van der Waals surface area contributed by atoms with Crippen LogP contribution < -0.4 is 0 Å². The van der Waals surface area contributed by atoms with Crippen molar-refractivity contribution in [3.05, 3.63) is 34.4 Å². The average Bonchev–Trinajstić information content (AvgIpc) is 2.46. The Morgan fingerprint density at radius 3 is 2.68 bits per heavy atom. The molecule has 0 heterocycles. The predicted molar refractivity (Wildman–Crippen MR) is 89.3 cm³/mol. The number of fused-ring (bicyclic) bond motifs is 3. The lowest BCUT2D eigenvalue weighted by Crippen LogP contribution is -2.52. The SMILES string of the molecule is CCc1c(C)ccc2c1CCC1C(C)(C(=O)O)CCCC21C. The topological polar surface area (TPSA) is 37.3 Å². The van der Waals surface area contributed by atoms with E-state index in [1.54, 1.807) is 0 Å². The number of benzene rings is 1. The van der Waals surface area contributed by atoms with Gasteiger partial charge in [0.05, 0.1) is 5.41 Å². The van der Waals surface area contributed by atoms with Gasteiger partial charge in [-0.2, -0.15) is 0 Å². The molecule has 3 atom stereocenters. The van der Waals surface area contributed by atoms with Gasteiger partial charge < -0.3 is 5.11 Å². The molecule has 0 aliphatic heterocycles. The Morgan fingerprint density at radius 1 is 1.32 bits per heavy atom. The maximum Gasteiger partial charge on any atom is 0.309 e. The maximum atomic E-state index is 12.0. The lowest BCUT2D eigenvalue weighted by molar-refractivity contribution is -0.157. The summed E-state index contributed by atoms with van der Waals surface area (Å²) in [6, 6.07) is 4.54. The monoisotopic (exact) mass is 300 g/mol. The van der Waals surface area contributed by atoms with Crippen molar-refractivity contribution >= 4 is 5.97 Å². The van der Waals surface area contributed by atoms with Crippen LogP contribution in [0.5, 0.6) is 0 Å². The molecule has 0 saturated heterocycles. The molecule has 1 aromatic carbocycles. The van der Waals surface area contributed by atoms with Crippen molar-refractivity contribution in [2.24, 2.45) is 11.3 Å². The minimum absolute atomic E-state index is 0.0244. The molecule has 120 valence electrons. The van der Waals surface area contributed by atoms with E-state index in [9.17, 15) is 9.90 Å². The highest BCUT2D eigenvalue weighted by molar-refractivity contribution is 5.75. The first-order chi connectivity index (χ1) is 10.3. The van der Waals surface area contributed by atoms with Gasteiger partial charge in [0.1, 0.15) is 0 Å². The molecule has 0 bridgehead atoms. The predicted octanol–water partition coefficient (Wildman–Crippen LogP) is 4.65. The van der Waals surface area contributed by atoms with Gasteiger partial charge in [0.25, 0.3) is 0 Å². The van der Waals surface area contributed by atoms with Crippen molar-refractivity contribution in [3.63, 3.8) is 0 Å². The van der Waals surface area contributed by atoms with Crippen LogP contribution in [0.4, 0.5) is 0 Å². The van der Waals surface area contributed by atoms with Gasteiger partial charge in [-0.1, -0.05) is 32.4 Å². The molecule has 2 nitrogen and oxygen atoms in total. The van der Waals surface area contributed by atoms with Gasteiger partial charge in [-0.25, -0.2) is 0 Å². The van der Waals surface area contributed by atoms with Crippen molar-refractivity contribution in [3.8, 4) is 0 Å². The summed E-state index contributed by atoms with van der Waals surface area (Å²) in [6.07, 6.45) is 6.10. The van der Waals surface area contributed by atoms with Crippen LogP contribution in [0, 0.1) is 18.3 Å². The van der Waals surface area contributed by atoms with Gasteiger partial charge in [0.15, 0.2) is 0 Å². The van der Waals surface area contributed by atoms with Gasteiger partial charge in [0, 0.05) is 0 Å². The highest BCUT2D eigenvalue weighted by Crippen LogP contribution is 2.57. The fraction of sp³-hybridized carbons (Fsp3) is 0.650. The van der Waals surface area contributed by atoms with Crippen molar-refractivity contribution < 1.29 is 9.90 Å². The summed E-state index contributed by atoms with van der Waals surface area (Å²) >= 11 is 0. The zero-order valence-corrected chi connectivity index (χ0v) is 14.3. The molecule has 22 heavy (non-hydrogen) atoms. The van der Waals surface area contributed by atoms with Crippen molar-refractivity contribution in [2.75, 3.05) is 0 Å². The summed E-state index contributed by atoms with van der Waals surface area (Å²) in [5.41, 5.74) is 5.31. The van der Waals surface area contributed by atoms with Crippen LogP contribution in [0.1, 0.15) is 68.7 Å². The number of rotatable bonds is 2. The van der Waals surface area contributed by atoms with E-state index in [-0.39, 0.29) is 11.3 Å². The summed E-state index contributed by atoms with van der Waals surface area (Å²) in [6.45, 7) is 8.75. The Bertz CT molecular complexity index is 618. The van der Waals surface area contributed by atoms with Crippen LogP contribution in [-0.2, 0) is 23.1 Å². The highest BCUT2D eigenvalue weighted by atomic mass is 16.4. The van der Waals surface area contributed by atoms with Crippen molar-refractivity contribution in [1.82, 2.24) is 0 Å². The molecular formula is C20H28O2. The molecule has 2 aliphatic rings. The minimum Gasteiger partial charge on any atom is -0.481 e. The lowest BCUT2D eigenvalue weighted by atomic mass is 9.49. The molecule has 1 fully saturated rings. The second-order valence-corrected chi connectivity index (χ2v) is 7.83. The van der Waals surface area contributed by atoms with E-state index in [1.807, 2.05) is 6.92 Å². The molecule has 1 saturated carbocycles. The maximum absolute atomic E-state index is 12.0. The number of carboxylic acids is 1. The first kappa shape index (κ1) is 15.6. The lowest BCUT2D eigenvalue weighted by Gasteiger charge is -2.54. The molecule has 0 amide bonds. The van der Waals surface area contributed by atoms with Gasteiger partial charge in [-0.15, -0.1) is 0 Å². The van der Waals surface area contributed by atoms with Crippen LogP contribution in [0.2, 0.25) is 0 Å². The van der Waals surface area contributed by atoms with Gasteiger partial charge in [-0.3, -0.25) is 4.79 Å². The molecular weight excluding hydrogens is 272 g/mol. The number of carboxylic acid groups (broad SMARTS) is 1. The summed E-state index contributed by atoms with van der Waals surface area (Å²) in [7, 11) is 0. The van der Waals surface area contributed by atoms with Gasteiger partial charge in [-0.05, 0) is 79.5 Å². The summed E-state index contributed by atoms with van der Waals surface area (Å²) in [5, 5.41) is 9.84. The fourth-order valence-corrected chi connectivity index (χ4v) is 5.50. The van der Waals surface area contributed by atoms with E-state index in [1.165, 1.54) is 22.3 Å². The van der Waals surface area contributed by atoms with E-state index < -0.39 is 11.4 Å². The standard InChI is InChI=1S/C20H28O2/c1-5-14-13(2)7-9-16-15(14)8-10-17-19(16,3)11-6-12-20(17,4)18(21)22/h7,9,17H,5-6,8,10-12H2,1-4H3,(H,21,22). The van der Waals surface area contributed by atoms with Crippen LogP contribution in [0.25, 0.3) is 0 Å². The minimum atomic E-state index is -0.602. The quantitative estimate of drug-likeness (QED) is 0.863. The van der Waals surface area contributed by atoms with E-state index in [0.29, 0.717) is 0 Å². The number of aryl methyl sites for hydroxylation is 1. The second kappa shape index (κ2) is 5.11. The number of aliphatic carboxylic acids is 1. The molecule has 0 spiro atoms. The van der Waals surface area contributed by atoms with Gasteiger partial charge >= 0.3 is 5.97 Å². The number of hydrogen-bond donors (Lipinski definition) is 1. The van der Waals surface area contributed by atoms with Crippen molar-refractivity contribution in [1.29, 1.82) is 0 Å². The van der Waals surface area contributed by atoms with Crippen LogP contribution in [0.15, 0.2) is 12.1 Å². The van der Waals surface area contributed by atoms with Gasteiger partial charge in [0.2, 0.25) is 0 Å². The third kappa shape index (κ3) is 1.96. The third-order valence-corrected chi connectivity index (χ3v) is 6.74. The van der Waals surface area contributed by atoms with Crippen LogP contribution in [-0.4, -0.2) is 11.1 Å². The number of carbonyl (C=O) groups is 1. The van der Waals surface area contributed by atoms with Crippen LogP contribution >= 0.6 is 0 Å². The molecule has 1 N–H and O–H groups in total. The normalized spacial score (nSPS) is 33.9. The molecule has 2 aliphatic carbocycles. The third-order valence-electron chi connectivity index (χ3n) is 6.74. The molecule has 0 aromatic heterocycles. The molecule has 1 aromatic rings. The Balaban J connectivity index is 2.16. The Kier molecular flexibility index (Phi) is 3.62. The summed E-state index contributed by atoms with van der Waals surface area (Å²) in [5.74, 6) is -0.346. The zero-order valence-electron chi connectivity index (χ0n) is 14.3. The average molecular weight is 300 g/mol. The first-order valence-corrected chi connectivity index (χ1v) is 8.70. The smallest absolute Gasteiger partial charge is 0.309 e. The van der Waals surface area contributed by atoms with E-state index in [2.05, 4.69) is 32.9 Å². The highest BCUT2D eigenvalue weighted by Gasteiger charge is 2.55. The molecule has 0 radical (unpaired) electrons. The number of hydrogen-bond acceptors (Lipinski definition) is 1. The fourth-order valence-electron chi connectivity index (χ4n) is 5.50. The van der Waals surface area contributed by atoms with E-state index >= 15 is 0 Å². The van der Waals surface area contributed by atoms with Crippen molar-refractivity contribution in [2.45, 2.75) is 71.6 Å². The Labute approximate surface area is 133 Å². The largest absolute Gasteiger partial charge is 0.481 e. The molecule has 3 rings (SSSR count).